The fraction of sp³-hybridized carbons (Fsp3) is 0.290. The minimum absolute atomic E-state index is 0.288. The van der Waals surface area contributed by atoms with Crippen LogP contribution in [0, 0.1) is 5.92 Å². The number of aliphatic carboxylic acids is 2. The Hall–Kier alpha value is -4.66. The van der Waals surface area contributed by atoms with E-state index in [1.165, 1.54) is 17.1 Å². The number of allylic oxidation sites excluding steroid dienone is 16. The van der Waals surface area contributed by atoms with Crippen molar-refractivity contribution in [3.63, 3.8) is 0 Å². The maximum Gasteiger partial charge on any atom is 0.355 e. The number of nitrogens with zero attached hydrogens (tertiary/aromatic N) is 1. The number of piperidine rings is 1. The molecule has 0 unspecified atom stereocenters. The maximum atomic E-state index is 12.1. The highest BCUT2D eigenvalue weighted by Crippen LogP contribution is 2.17. The third-order valence-corrected chi connectivity index (χ3v) is 5.61. The normalized spacial score (nSPS) is 16.6. The molecule has 3 N–H and O–H groups in total. The van der Waals surface area contributed by atoms with Crippen LogP contribution in [0.15, 0.2) is 107 Å². The van der Waals surface area contributed by atoms with Crippen molar-refractivity contribution >= 4 is 23.9 Å². The quantitative estimate of drug-likeness (QED) is 0.173. The van der Waals surface area contributed by atoms with Crippen LogP contribution in [-0.4, -0.2) is 52.1 Å². The molecule has 0 aromatic rings. The first-order valence-corrected chi connectivity index (χ1v) is 12.8. The van der Waals surface area contributed by atoms with E-state index in [1.54, 1.807) is 6.08 Å². The molecule has 0 saturated carbocycles. The number of likely N-dealkylation sites (tertiary alicyclic amines) is 1. The second-order valence-electron chi connectivity index (χ2n) is 9.18. The molecule has 40 heavy (non-hydrogen) atoms. The topological polar surface area (TPSA) is 133 Å². The van der Waals surface area contributed by atoms with Gasteiger partial charge in [-0.05, 0) is 40.5 Å². The van der Waals surface area contributed by atoms with Crippen molar-refractivity contribution < 1.29 is 34.2 Å². The summed E-state index contributed by atoms with van der Waals surface area (Å²) in [5.41, 5.74) is 5.78. The van der Waals surface area contributed by atoms with Gasteiger partial charge in [-0.3, -0.25) is 4.79 Å². The summed E-state index contributed by atoms with van der Waals surface area (Å²) in [5.74, 6) is -3.02. The standard InChI is InChI=1S/C31H38N2O7/c1-23(11-7-13-25(3)15-17-28(34)35)9-5-6-10-24(2)12-8-14-26(4)16-18-29(36)40-32-31(39)33-21-19-27(20-22-33)30(37)38/h5-18,27H,19-22H2,1-4H3,(H,32,39)(H,34,35)(H,37,38)/b6-5+,11-7+,12-8+,17-15+,18-16+,23-9+,24-10+,25-13-,26-14+. The third kappa shape index (κ3) is 15.6. The van der Waals surface area contributed by atoms with Gasteiger partial charge < -0.3 is 20.0 Å². The van der Waals surface area contributed by atoms with E-state index in [4.69, 9.17) is 15.1 Å². The van der Waals surface area contributed by atoms with Gasteiger partial charge in [-0.1, -0.05) is 95.2 Å². The third-order valence-electron chi connectivity index (χ3n) is 5.61. The molecule has 1 saturated heterocycles. The Bertz CT molecular complexity index is 1190. The average Bonchev–Trinajstić information content (AvgIpc) is 2.91. The molecule has 0 spiro atoms. The van der Waals surface area contributed by atoms with Gasteiger partial charge >= 0.3 is 23.9 Å². The molecular weight excluding hydrogens is 512 g/mol. The van der Waals surface area contributed by atoms with E-state index in [2.05, 4.69) is 5.48 Å². The number of carbonyl (C=O) groups is 4. The molecule has 1 aliphatic heterocycles. The Kier molecular flexibility index (Phi) is 15.5. The van der Waals surface area contributed by atoms with Crippen molar-refractivity contribution in [1.29, 1.82) is 0 Å². The number of hydroxylamine groups is 1. The number of hydrogen-bond acceptors (Lipinski definition) is 5. The predicted octanol–water partition coefficient (Wildman–Crippen LogP) is 5.60. The number of hydrogen-bond donors (Lipinski definition) is 3. The van der Waals surface area contributed by atoms with Crippen LogP contribution in [0.3, 0.4) is 0 Å². The van der Waals surface area contributed by atoms with Crippen LogP contribution >= 0.6 is 0 Å². The second-order valence-corrected chi connectivity index (χ2v) is 9.18. The summed E-state index contributed by atoms with van der Waals surface area (Å²) in [6, 6.07) is -0.575. The van der Waals surface area contributed by atoms with Gasteiger partial charge in [-0.2, -0.15) is 5.48 Å². The van der Waals surface area contributed by atoms with Crippen molar-refractivity contribution in [3.8, 4) is 0 Å². The molecule has 2 amide bonds. The van der Waals surface area contributed by atoms with E-state index in [-0.39, 0.29) is 13.1 Å². The second kappa shape index (κ2) is 18.6. The summed E-state index contributed by atoms with van der Waals surface area (Å²) in [7, 11) is 0. The number of carboxylic acid groups (broad SMARTS) is 2. The van der Waals surface area contributed by atoms with Gasteiger partial charge in [0, 0.05) is 25.2 Å². The highest BCUT2D eigenvalue weighted by molar-refractivity contribution is 5.84. The summed E-state index contributed by atoms with van der Waals surface area (Å²) in [6.45, 7) is 8.14. The van der Waals surface area contributed by atoms with Crippen LogP contribution in [0.1, 0.15) is 40.5 Å². The Morgan fingerprint density at radius 2 is 1.12 bits per heavy atom. The largest absolute Gasteiger partial charge is 0.481 e. The molecular formula is C31H38N2O7. The molecule has 9 heteroatoms. The molecule has 0 bridgehead atoms. The number of carbonyl (C=O) groups excluding carboxylic acids is 2. The SMILES string of the molecule is CC(=C/C=C/C(C)=C/C=C/C=C(C)/C=C/C=C(C)/C=C/C(=O)ONC(=O)N1CCC(C(=O)O)CC1)/C=C/C(=O)O. The van der Waals surface area contributed by atoms with Gasteiger partial charge in [0.25, 0.3) is 0 Å². The number of urea groups is 1. The van der Waals surface area contributed by atoms with E-state index in [0.29, 0.717) is 12.8 Å². The van der Waals surface area contributed by atoms with E-state index in [1.807, 2.05) is 88.5 Å². The van der Waals surface area contributed by atoms with E-state index in [0.717, 1.165) is 28.4 Å². The summed E-state index contributed by atoms with van der Waals surface area (Å²) in [6.07, 6.45) is 25.1. The number of rotatable bonds is 11. The molecule has 1 heterocycles. The zero-order valence-electron chi connectivity index (χ0n) is 23.4. The molecule has 0 aliphatic carbocycles. The van der Waals surface area contributed by atoms with Crippen molar-refractivity contribution in [2.75, 3.05) is 13.1 Å². The molecule has 0 aromatic heterocycles. The fourth-order valence-corrected chi connectivity index (χ4v) is 3.26. The lowest BCUT2D eigenvalue weighted by Crippen LogP contribution is -2.45. The zero-order valence-corrected chi connectivity index (χ0v) is 23.4. The molecule has 1 rings (SSSR count). The smallest absolute Gasteiger partial charge is 0.355 e. The van der Waals surface area contributed by atoms with Crippen LogP contribution in [0.5, 0.6) is 0 Å². The number of carboxylic acids is 2. The summed E-state index contributed by atoms with van der Waals surface area (Å²) in [4.78, 5) is 51.6. The number of amides is 2. The molecule has 214 valence electrons. The molecule has 9 nitrogen and oxygen atoms in total. The first-order chi connectivity index (χ1) is 19.0. The van der Waals surface area contributed by atoms with Crippen molar-refractivity contribution in [2.45, 2.75) is 40.5 Å². The van der Waals surface area contributed by atoms with Crippen LogP contribution < -0.4 is 5.48 Å². The van der Waals surface area contributed by atoms with Crippen molar-refractivity contribution in [3.05, 3.63) is 107 Å². The maximum absolute atomic E-state index is 12.1. The Balaban J connectivity index is 2.45. The zero-order chi connectivity index (χ0) is 29.9. The molecule has 0 aromatic carbocycles. The molecule has 1 fully saturated rings. The lowest BCUT2D eigenvalue weighted by atomic mass is 9.97. The fourth-order valence-electron chi connectivity index (χ4n) is 3.26. The van der Waals surface area contributed by atoms with Gasteiger partial charge in [0.15, 0.2) is 0 Å². The first kappa shape index (κ1) is 33.4. The van der Waals surface area contributed by atoms with E-state index >= 15 is 0 Å². The highest BCUT2D eigenvalue weighted by Gasteiger charge is 2.27. The highest BCUT2D eigenvalue weighted by atomic mass is 16.7. The van der Waals surface area contributed by atoms with Gasteiger partial charge in [0.2, 0.25) is 0 Å². The van der Waals surface area contributed by atoms with Crippen LogP contribution in [0.2, 0.25) is 0 Å². The van der Waals surface area contributed by atoms with Crippen LogP contribution in [-0.2, 0) is 19.2 Å². The summed E-state index contributed by atoms with van der Waals surface area (Å²) < 4.78 is 0. The van der Waals surface area contributed by atoms with Crippen molar-refractivity contribution in [2.24, 2.45) is 5.92 Å². The predicted molar refractivity (Wildman–Crippen MR) is 155 cm³/mol. The number of nitrogens with one attached hydrogen (secondary N) is 1. The minimum atomic E-state index is -0.977. The van der Waals surface area contributed by atoms with E-state index in [9.17, 15) is 19.2 Å². The molecule has 0 atom stereocenters. The first-order valence-electron chi connectivity index (χ1n) is 12.8. The Morgan fingerprint density at radius 3 is 1.60 bits per heavy atom. The van der Waals surface area contributed by atoms with Gasteiger partial charge in [0.05, 0.1) is 5.92 Å². The van der Waals surface area contributed by atoms with Crippen LogP contribution in [0.4, 0.5) is 4.79 Å². The lowest BCUT2D eigenvalue weighted by molar-refractivity contribution is -0.143. The minimum Gasteiger partial charge on any atom is -0.481 e. The monoisotopic (exact) mass is 550 g/mol. The summed E-state index contributed by atoms with van der Waals surface area (Å²) in [5, 5.41) is 17.6. The van der Waals surface area contributed by atoms with Gasteiger partial charge in [0.1, 0.15) is 0 Å². The lowest BCUT2D eigenvalue weighted by Gasteiger charge is -2.29. The molecule has 1 aliphatic rings. The van der Waals surface area contributed by atoms with Gasteiger partial charge in [-0.25, -0.2) is 14.4 Å². The van der Waals surface area contributed by atoms with Gasteiger partial charge in [-0.15, -0.1) is 0 Å². The van der Waals surface area contributed by atoms with Crippen LogP contribution in [0.25, 0.3) is 0 Å². The van der Waals surface area contributed by atoms with E-state index < -0.39 is 29.9 Å². The Labute approximate surface area is 235 Å². The average molecular weight is 551 g/mol. The summed E-state index contributed by atoms with van der Waals surface area (Å²) >= 11 is 0. The molecule has 0 radical (unpaired) electrons. The van der Waals surface area contributed by atoms with Crippen molar-refractivity contribution in [1.82, 2.24) is 10.4 Å². The Morgan fingerprint density at radius 1 is 0.675 bits per heavy atom.